The van der Waals surface area contributed by atoms with Gasteiger partial charge in [0.05, 0.1) is 4.90 Å². The Kier molecular flexibility index (Phi) is 7.51. The number of anilines is 2. The van der Waals surface area contributed by atoms with Crippen LogP contribution in [0.3, 0.4) is 0 Å². The van der Waals surface area contributed by atoms with Gasteiger partial charge in [-0.1, -0.05) is 36.6 Å². The Labute approximate surface area is 206 Å². The van der Waals surface area contributed by atoms with E-state index in [0.29, 0.717) is 16.9 Å². The van der Waals surface area contributed by atoms with Crippen molar-refractivity contribution in [2.45, 2.75) is 37.5 Å². The van der Waals surface area contributed by atoms with Gasteiger partial charge in [0.2, 0.25) is 0 Å². The van der Waals surface area contributed by atoms with Crippen molar-refractivity contribution < 1.29 is 18.0 Å². The maximum absolute atomic E-state index is 12.8. The molecule has 3 aromatic carbocycles. The number of carbonyl (C=O) groups excluding carboxylic acids is 2. The molecule has 1 heterocycles. The van der Waals surface area contributed by atoms with E-state index in [1.807, 2.05) is 24.0 Å². The van der Waals surface area contributed by atoms with Gasteiger partial charge in [-0.15, -0.1) is 0 Å². The first-order chi connectivity index (χ1) is 16.8. The van der Waals surface area contributed by atoms with Gasteiger partial charge >= 0.3 is 0 Å². The van der Waals surface area contributed by atoms with Crippen LogP contribution in [0.25, 0.3) is 0 Å². The number of amides is 2. The minimum atomic E-state index is -3.86. The Balaban J connectivity index is 1.43. The van der Waals surface area contributed by atoms with E-state index in [1.54, 1.807) is 42.5 Å². The smallest absolute Gasteiger partial charge is 0.261 e. The van der Waals surface area contributed by atoms with Crippen LogP contribution in [0.5, 0.6) is 0 Å². The quantitative estimate of drug-likeness (QED) is 0.504. The SMILES string of the molecule is Cc1ccc(NS(=O)(=O)c2cccc(C(=O)Nc3ccc(C(=O)N4CCCCCC4)cc3)c2)cc1. The molecule has 0 radical (unpaired) electrons. The fourth-order valence-electron chi connectivity index (χ4n) is 4.00. The molecule has 1 aliphatic heterocycles. The molecule has 1 fully saturated rings. The van der Waals surface area contributed by atoms with E-state index in [2.05, 4.69) is 10.0 Å². The summed E-state index contributed by atoms with van der Waals surface area (Å²) in [6.45, 7) is 3.46. The Morgan fingerprint density at radius 2 is 1.40 bits per heavy atom. The zero-order chi connectivity index (χ0) is 24.8. The first-order valence-corrected chi connectivity index (χ1v) is 13.2. The van der Waals surface area contributed by atoms with Crippen molar-refractivity contribution in [2.75, 3.05) is 23.1 Å². The van der Waals surface area contributed by atoms with E-state index >= 15 is 0 Å². The van der Waals surface area contributed by atoms with Crippen LogP contribution in [0.2, 0.25) is 0 Å². The van der Waals surface area contributed by atoms with Crippen molar-refractivity contribution in [3.8, 4) is 0 Å². The predicted molar refractivity (Wildman–Crippen MR) is 137 cm³/mol. The second-order valence-corrected chi connectivity index (χ2v) is 10.4. The van der Waals surface area contributed by atoms with Crippen molar-refractivity contribution in [1.29, 1.82) is 0 Å². The van der Waals surface area contributed by atoms with E-state index in [4.69, 9.17) is 0 Å². The van der Waals surface area contributed by atoms with Gasteiger partial charge in [-0.05, 0) is 74.4 Å². The van der Waals surface area contributed by atoms with Gasteiger partial charge in [-0.25, -0.2) is 8.42 Å². The Hall–Kier alpha value is -3.65. The molecule has 182 valence electrons. The van der Waals surface area contributed by atoms with Crippen molar-refractivity contribution >= 4 is 33.2 Å². The molecule has 1 aliphatic rings. The molecule has 0 spiro atoms. The summed E-state index contributed by atoms with van der Waals surface area (Å²) < 4.78 is 28.1. The van der Waals surface area contributed by atoms with Crippen LogP contribution in [0, 0.1) is 6.92 Å². The predicted octanol–water partition coefficient (Wildman–Crippen LogP) is 5.06. The third kappa shape index (κ3) is 6.27. The highest BCUT2D eigenvalue weighted by Crippen LogP contribution is 2.20. The minimum Gasteiger partial charge on any atom is -0.339 e. The second kappa shape index (κ2) is 10.7. The Morgan fingerprint density at radius 1 is 0.771 bits per heavy atom. The summed E-state index contributed by atoms with van der Waals surface area (Å²) in [7, 11) is -3.86. The summed E-state index contributed by atoms with van der Waals surface area (Å²) in [5.41, 5.74) is 2.78. The number of aryl methyl sites for hydroxylation is 1. The highest BCUT2D eigenvalue weighted by Gasteiger charge is 2.19. The third-order valence-corrected chi connectivity index (χ3v) is 7.37. The molecule has 0 saturated carbocycles. The Bertz CT molecular complexity index is 1300. The first-order valence-electron chi connectivity index (χ1n) is 11.7. The third-order valence-electron chi connectivity index (χ3n) is 5.99. The Morgan fingerprint density at radius 3 is 2.06 bits per heavy atom. The number of hydrogen-bond donors (Lipinski definition) is 2. The molecule has 4 rings (SSSR count). The lowest BCUT2D eigenvalue weighted by molar-refractivity contribution is 0.0761. The van der Waals surface area contributed by atoms with Gasteiger partial charge < -0.3 is 10.2 Å². The molecule has 35 heavy (non-hydrogen) atoms. The van der Waals surface area contributed by atoms with Crippen LogP contribution >= 0.6 is 0 Å². The van der Waals surface area contributed by atoms with Crippen LogP contribution < -0.4 is 10.0 Å². The maximum atomic E-state index is 12.8. The van der Waals surface area contributed by atoms with Crippen LogP contribution in [-0.2, 0) is 10.0 Å². The van der Waals surface area contributed by atoms with Crippen molar-refractivity contribution in [3.05, 3.63) is 89.5 Å². The van der Waals surface area contributed by atoms with Crippen molar-refractivity contribution in [2.24, 2.45) is 0 Å². The minimum absolute atomic E-state index is 0.00348. The fraction of sp³-hybridized carbons (Fsp3) is 0.259. The molecule has 2 amide bonds. The molecule has 8 heteroatoms. The largest absolute Gasteiger partial charge is 0.339 e. The number of nitrogens with zero attached hydrogens (tertiary/aromatic N) is 1. The number of carbonyl (C=O) groups is 2. The molecule has 0 bridgehead atoms. The number of rotatable bonds is 6. The monoisotopic (exact) mass is 491 g/mol. The average molecular weight is 492 g/mol. The summed E-state index contributed by atoms with van der Waals surface area (Å²) in [5, 5.41) is 2.77. The molecule has 1 saturated heterocycles. The van der Waals surface area contributed by atoms with E-state index in [0.717, 1.165) is 44.3 Å². The molecule has 0 atom stereocenters. The lowest BCUT2D eigenvalue weighted by Gasteiger charge is -2.20. The van der Waals surface area contributed by atoms with Crippen LogP contribution in [0.15, 0.2) is 77.7 Å². The van der Waals surface area contributed by atoms with Crippen LogP contribution in [0.4, 0.5) is 11.4 Å². The van der Waals surface area contributed by atoms with Gasteiger partial charge in [-0.3, -0.25) is 14.3 Å². The zero-order valence-electron chi connectivity index (χ0n) is 19.7. The van der Waals surface area contributed by atoms with Crippen molar-refractivity contribution in [1.82, 2.24) is 4.90 Å². The average Bonchev–Trinajstić information content (AvgIpc) is 3.15. The van der Waals surface area contributed by atoms with E-state index in [9.17, 15) is 18.0 Å². The van der Waals surface area contributed by atoms with E-state index < -0.39 is 15.9 Å². The summed E-state index contributed by atoms with van der Waals surface area (Å²) >= 11 is 0. The van der Waals surface area contributed by atoms with Crippen molar-refractivity contribution in [3.63, 3.8) is 0 Å². The van der Waals surface area contributed by atoms with E-state index in [-0.39, 0.29) is 16.4 Å². The molecule has 0 aromatic heterocycles. The number of sulfonamides is 1. The fourth-order valence-corrected chi connectivity index (χ4v) is 5.10. The number of likely N-dealkylation sites (tertiary alicyclic amines) is 1. The molecular weight excluding hydrogens is 462 g/mol. The zero-order valence-corrected chi connectivity index (χ0v) is 20.5. The lowest BCUT2D eigenvalue weighted by Crippen LogP contribution is -2.31. The number of hydrogen-bond acceptors (Lipinski definition) is 4. The maximum Gasteiger partial charge on any atom is 0.261 e. The molecule has 2 N–H and O–H groups in total. The summed E-state index contributed by atoms with van der Waals surface area (Å²) in [6.07, 6.45) is 4.35. The molecule has 3 aromatic rings. The molecule has 0 unspecified atom stereocenters. The molecule has 0 aliphatic carbocycles. The van der Waals surface area contributed by atoms with Gasteiger partial charge in [-0.2, -0.15) is 0 Å². The lowest BCUT2D eigenvalue weighted by atomic mass is 10.1. The van der Waals surface area contributed by atoms with Crippen LogP contribution in [0.1, 0.15) is 52.0 Å². The van der Waals surface area contributed by atoms with Gasteiger partial charge in [0, 0.05) is 35.6 Å². The molecule has 7 nitrogen and oxygen atoms in total. The summed E-state index contributed by atoms with van der Waals surface area (Å²) in [5.74, 6) is -0.437. The summed E-state index contributed by atoms with van der Waals surface area (Å²) in [4.78, 5) is 27.4. The summed E-state index contributed by atoms with van der Waals surface area (Å²) in [6, 6.07) is 19.6. The topological polar surface area (TPSA) is 95.6 Å². The second-order valence-electron chi connectivity index (χ2n) is 8.74. The highest BCUT2D eigenvalue weighted by molar-refractivity contribution is 7.92. The molecular formula is C27H29N3O4S. The standard InChI is InChI=1S/C27H29N3O4S/c1-20-9-13-24(14-10-20)29-35(33,34)25-8-6-7-22(19-25)26(31)28-23-15-11-21(12-16-23)27(32)30-17-4-2-3-5-18-30/h6-16,19,29H,2-5,17-18H2,1H3,(H,28,31). The highest BCUT2D eigenvalue weighted by atomic mass is 32.2. The first kappa shape index (κ1) is 24.5. The van der Waals surface area contributed by atoms with E-state index in [1.165, 1.54) is 18.2 Å². The van der Waals surface area contributed by atoms with Gasteiger partial charge in [0.1, 0.15) is 0 Å². The normalized spacial score (nSPS) is 14.1. The number of nitrogens with one attached hydrogen (secondary N) is 2. The van der Waals surface area contributed by atoms with Gasteiger partial charge in [0.25, 0.3) is 21.8 Å². The van der Waals surface area contributed by atoms with Crippen LogP contribution in [-0.4, -0.2) is 38.2 Å². The van der Waals surface area contributed by atoms with Gasteiger partial charge in [0.15, 0.2) is 0 Å². The number of benzene rings is 3.